The Morgan fingerprint density at radius 3 is 2.76 bits per heavy atom. The van der Waals surface area contributed by atoms with Crippen molar-refractivity contribution >= 4 is 11.0 Å². The van der Waals surface area contributed by atoms with Crippen LogP contribution in [-0.2, 0) is 0 Å². The normalized spacial score (nSPS) is 13.5. The molecule has 3 nitrogen and oxygen atoms in total. The Bertz CT molecular complexity index is 502. The molecule has 17 heavy (non-hydrogen) atoms. The van der Waals surface area contributed by atoms with Gasteiger partial charge in [0, 0.05) is 5.39 Å². The van der Waals surface area contributed by atoms with Crippen LogP contribution in [0.4, 0.5) is 0 Å². The van der Waals surface area contributed by atoms with Crippen LogP contribution in [0.15, 0.2) is 28.7 Å². The number of furan rings is 1. The number of rotatable bonds is 4. The second kappa shape index (κ2) is 4.90. The van der Waals surface area contributed by atoms with Crippen LogP contribution in [0.2, 0.25) is 0 Å². The maximum Gasteiger partial charge on any atom is 0.134 e. The molecule has 0 aliphatic rings. The van der Waals surface area contributed by atoms with Crippen molar-refractivity contribution in [3.05, 3.63) is 35.6 Å². The largest absolute Gasteiger partial charge is 0.459 e. The maximum atomic E-state index is 6.12. The van der Waals surface area contributed by atoms with Gasteiger partial charge in [0.2, 0.25) is 0 Å². The van der Waals surface area contributed by atoms with Gasteiger partial charge in [0.15, 0.2) is 0 Å². The van der Waals surface area contributed by atoms with Crippen LogP contribution in [0, 0.1) is 6.92 Å². The summed E-state index contributed by atoms with van der Waals surface area (Å²) >= 11 is 0. The summed E-state index contributed by atoms with van der Waals surface area (Å²) in [5.41, 5.74) is 8.29. The average Bonchev–Trinajstić information content (AvgIpc) is 2.68. The lowest BCUT2D eigenvalue weighted by Crippen LogP contribution is -2.19. The second-order valence-electron chi connectivity index (χ2n) is 4.89. The van der Waals surface area contributed by atoms with E-state index in [-0.39, 0.29) is 6.04 Å². The summed E-state index contributed by atoms with van der Waals surface area (Å²) in [6.07, 6.45) is 0.909. The summed E-state index contributed by atoms with van der Waals surface area (Å²) in [6, 6.07) is 8.22. The molecule has 0 amide bonds. The van der Waals surface area contributed by atoms with Crippen molar-refractivity contribution < 1.29 is 4.42 Å². The average molecular weight is 232 g/mol. The topological polar surface area (TPSA) is 42.4 Å². The van der Waals surface area contributed by atoms with Crippen LogP contribution >= 0.6 is 0 Å². The summed E-state index contributed by atoms with van der Waals surface area (Å²) in [4.78, 5) is 2.13. The highest BCUT2D eigenvalue weighted by Crippen LogP contribution is 2.25. The number of benzene rings is 1. The van der Waals surface area contributed by atoms with E-state index in [0.717, 1.165) is 29.7 Å². The molecule has 1 aromatic heterocycles. The Morgan fingerprint density at radius 1 is 1.29 bits per heavy atom. The highest BCUT2D eigenvalue weighted by Gasteiger charge is 2.12. The summed E-state index contributed by atoms with van der Waals surface area (Å²) in [7, 11) is 4.10. The molecule has 92 valence electrons. The molecule has 1 heterocycles. The van der Waals surface area contributed by atoms with Crippen molar-refractivity contribution in [3.63, 3.8) is 0 Å². The van der Waals surface area contributed by atoms with E-state index in [2.05, 4.69) is 44.1 Å². The molecule has 2 rings (SSSR count). The van der Waals surface area contributed by atoms with Gasteiger partial charge in [-0.1, -0.05) is 11.6 Å². The molecule has 0 saturated heterocycles. The van der Waals surface area contributed by atoms with E-state index in [9.17, 15) is 0 Å². The van der Waals surface area contributed by atoms with Crippen molar-refractivity contribution in [1.29, 1.82) is 0 Å². The summed E-state index contributed by atoms with van der Waals surface area (Å²) in [5, 5.41) is 1.14. The zero-order valence-electron chi connectivity index (χ0n) is 10.7. The smallest absolute Gasteiger partial charge is 0.134 e. The van der Waals surface area contributed by atoms with Gasteiger partial charge in [0.1, 0.15) is 11.3 Å². The van der Waals surface area contributed by atoms with Gasteiger partial charge in [-0.05, 0) is 52.2 Å². The molecule has 0 aliphatic heterocycles. The highest BCUT2D eigenvalue weighted by atomic mass is 16.3. The summed E-state index contributed by atoms with van der Waals surface area (Å²) in [6.45, 7) is 3.05. The molecule has 0 bridgehead atoms. The minimum Gasteiger partial charge on any atom is -0.459 e. The third-order valence-corrected chi connectivity index (χ3v) is 2.94. The molecule has 2 aromatic rings. The van der Waals surface area contributed by atoms with Gasteiger partial charge in [-0.25, -0.2) is 0 Å². The number of hydrogen-bond donors (Lipinski definition) is 1. The van der Waals surface area contributed by atoms with E-state index in [1.54, 1.807) is 0 Å². The lowest BCUT2D eigenvalue weighted by molar-refractivity contribution is 0.366. The Balaban J connectivity index is 2.18. The second-order valence-corrected chi connectivity index (χ2v) is 4.89. The van der Waals surface area contributed by atoms with E-state index >= 15 is 0 Å². The van der Waals surface area contributed by atoms with E-state index in [4.69, 9.17) is 10.2 Å². The number of nitrogens with zero attached hydrogens (tertiary/aromatic N) is 1. The predicted octanol–water partition coefficient (Wildman–Crippen LogP) is 2.69. The first kappa shape index (κ1) is 12.1. The van der Waals surface area contributed by atoms with Gasteiger partial charge >= 0.3 is 0 Å². The van der Waals surface area contributed by atoms with Crippen LogP contribution in [0.5, 0.6) is 0 Å². The van der Waals surface area contributed by atoms with E-state index in [1.165, 1.54) is 5.56 Å². The first-order valence-corrected chi connectivity index (χ1v) is 5.96. The molecular weight excluding hydrogens is 212 g/mol. The van der Waals surface area contributed by atoms with Crippen molar-refractivity contribution in [3.8, 4) is 0 Å². The van der Waals surface area contributed by atoms with Gasteiger partial charge in [0.05, 0.1) is 6.04 Å². The first-order chi connectivity index (χ1) is 8.06. The Kier molecular flexibility index (Phi) is 3.50. The molecule has 3 heteroatoms. The fourth-order valence-electron chi connectivity index (χ4n) is 1.91. The highest BCUT2D eigenvalue weighted by molar-refractivity contribution is 5.78. The molecule has 2 N–H and O–H groups in total. The Morgan fingerprint density at radius 2 is 2.06 bits per heavy atom. The van der Waals surface area contributed by atoms with Crippen LogP contribution in [0.1, 0.15) is 23.8 Å². The Labute approximate surface area is 102 Å². The quantitative estimate of drug-likeness (QED) is 0.881. The van der Waals surface area contributed by atoms with E-state index < -0.39 is 0 Å². The van der Waals surface area contributed by atoms with Gasteiger partial charge < -0.3 is 15.1 Å². The fourth-order valence-corrected chi connectivity index (χ4v) is 1.91. The van der Waals surface area contributed by atoms with Crippen LogP contribution < -0.4 is 5.73 Å². The predicted molar refractivity (Wildman–Crippen MR) is 71.1 cm³/mol. The van der Waals surface area contributed by atoms with Gasteiger partial charge in [-0.2, -0.15) is 0 Å². The SMILES string of the molecule is Cc1ccc2oc(C(N)CCN(C)C)cc2c1. The monoisotopic (exact) mass is 232 g/mol. The van der Waals surface area contributed by atoms with Crippen LogP contribution in [0.25, 0.3) is 11.0 Å². The van der Waals surface area contributed by atoms with Crippen LogP contribution in [-0.4, -0.2) is 25.5 Å². The molecule has 0 fully saturated rings. The van der Waals surface area contributed by atoms with Crippen molar-refractivity contribution in [2.45, 2.75) is 19.4 Å². The van der Waals surface area contributed by atoms with Gasteiger partial charge in [0.25, 0.3) is 0 Å². The molecule has 1 aromatic carbocycles. The third kappa shape index (κ3) is 2.87. The van der Waals surface area contributed by atoms with Crippen molar-refractivity contribution in [2.75, 3.05) is 20.6 Å². The number of hydrogen-bond acceptors (Lipinski definition) is 3. The minimum atomic E-state index is -0.0230. The van der Waals surface area contributed by atoms with Crippen molar-refractivity contribution in [1.82, 2.24) is 4.90 Å². The summed E-state index contributed by atoms with van der Waals surface area (Å²) < 4.78 is 5.77. The van der Waals surface area contributed by atoms with E-state index in [0.29, 0.717) is 0 Å². The zero-order valence-corrected chi connectivity index (χ0v) is 10.7. The molecule has 1 unspecified atom stereocenters. The first-order valence-electron chi connectivity index (χ1n) is 5.96. The molecule has 0 saturated carbocycles. The third-order valence-electron chi connectivity index (χ3n) is 2.94. The number of fused-ring (bicyclic) bond motifs is 1. The molecule has 0 aliphatic carbocycles. The molecule has 0 spiro atoms. The van der Waals surface area contributed by atoms with Gasteiger partial charge in [-0.3, -0.25) is 0 Å². The number of aryl methyl sites for hydroxylation is 1. The molecule has 0 radical (unpaired) electrons. The lowest BCUT2D eigenvalue weighted by atomic mass is 10.1. The minimum absolute atomic E-state index is 0.0230. The van der Waals surface area contributed by atoms with Crippen molar-refractivity contribution in [2.24, 2.45) is 5.73 Å². The lowest BCUT2D eigenvalue weighted by Gasteiger charge is -2.12. The summed E-state index contributed by atoms with van der Waals surface area (Å²) in [5.74, 6) is 0.882. The van der Waals surface area contributed by atoms with Crippen LogP contribution in [0.3, 0.4) is 0 Å². The number of nitrogens with two attached hydrogens (primary N) is 1. The fraction of sp³-hybridized carbons (Fsp3) is 0.429. The zero-order chi connectivity index (χ0) is 12.4. The standard InChI is InChI=1S/C14H20N2O/c1-10-4-5-13-11(8-10)9-14(17-13)12(15)6-7-16(2)3/h4-5,8-9,12H,6-7,15H2,1-3H3. The molecular formula is C14H20N2O. The molecule has 1 atom stereocenters. The van der Waals surface area contributed by atoms with Gasteiger partial charge in [-0.15, -0.1) is 0 Å². The van der Waals surface area contributed by atoms with E-state index in [1.807, 2.05) is 6.07 Å². The Hall–Kier alpha value is -1.32. The maximum absolute atomic E-state index is 6.12.